The average Bonchev–Trinajstić information content (AvgIpc) is 3.05. The Labute approximate surface area is 134 Å². The van der Waals surface area contributed by atoms with Gasteiger partial charge in [0, 0.05) is 25.2 Å². The van der Waals surface area contributed by atoms with E-state index in [2.05, 4.69) is 10.1 Å². The molecule has 116 valence electrons. The van der Waals surface area contributed by atoms with Crippen LogP contribution in [0.15, 0.2) is 58.6 Å². The number of benzene rings is 2. The van der Waals surface area contributed by atoms with Crippen molar-refractivity contribution in [3.05, 3.63) is 71.0 Å². The molecule has 2 aromatic rings. The van der Waals surface area contributed by atoms with E-state index >= 15 is 0 Å². The fraction of sp³-hybridized carbons (Fsp3) is 0.167. The average molecular weight is 309 g/mol. The second-order valence-electron chi connectivity index (χ2n) is 5.25. The maximum atomic E-state index is 13.3. The molecule has 1 aliphatic rings. The molecule has 4 nitrogen and oxygen atoms in total. The summed E-state index contributed by atoms with van der Waals surface area (Å²) in [4.78, 5) is 16.4. The van der Waals surface area contributed by atoms with E-state index in [1.54, 1.807) is 19.3 Å². The van der Waals surface area contributed by atoms with Gasteiger partial charge < -0.3 is 0 Å². The van der Waals surface area contributed by atoms with Crippen LogP contribution in [0.1, 0.15) is 27.9 Å². The Morgan fingerprint density at radius 2 is 2.09 bits per heavy atom. The zero-order valence-electron chi connectivity index (χ0n) is 12.7. The highest BCUT2D eigenvalue weighted by molar-refractivity contribution is 6.05. The van der Waals surface area contributed by atoms with Gasteiger partial charge in [-0.15, -0.1) is 0 Å². The first-order valence-electron chi connectivity index (χ1n) is 7.35. The molecular formula is C18H16FN3O. The molecule has 5 heteroatoms. The summed E-state index contributed by atoms with van der Waals surface area (Å²) in [6.45, 7) is 0.497. The summed E-state index contributed by atoms with van der Waals surface area (Å²) in [5.41, 5.74) is 3.11. The highest BCUT2D eigenvalue weighted by Crippen LogP contribution is 2.17. The summed E-state index contributed by atoms with van der Waals surface area (Å²) in [7, 11) is 1.72. The van der Waals surface area contributed by atoms with Gasteiger partial charge in [-0.3, -0.25) is 9.79 Å². The minimum atomic E-state index is -0.425. The molecule has 0 N–H and O–H groups in total. The second kappa shape index (κ2) is 6.52. The molecule has 1 heterocycles. The number of nitrogens with zero attached hydrogens (tertiary/aromatic N) is 3. The lowest BCUT2D eigenvalue weighted by Gasteiger charge is -2.11. The Kier molecular flexibility index (Phi) is 4.28. The zero-order valence-corrected chi connectivity index (χ0v) is 12.7. The molecule has 0 unspecified atom stereocenters. The standard InChI is InChI=1S/C18H16FN3O/c1-20-12-13-4-2-5-14(10-13)17-8-9-22(21-17)18(23)15-6-3-7-16(19)11-15/h2-7,10-12H,8-9H2,1H3. The number of amides is 1. The van der Waals surface area contributed by atoms with E-state index in [-0.39, 0.29) is 5.91 Å². The van der Waals surface area contributed by atoms with Crippen LogP contribution in [0.25, 0.3) is 0 Å². The largest absolute Gasteiger partial charge is 0.296 e. The Hall–Kier alpha value is -2.82. The molecule has 0 radical (unpaired) electrons. The van der Waals surface area contributed by atoms with Gasteiger partial charge in [0.25, 0.3) is 5.91 Å². The lowest BCUT2D eigenvalue weighted by Crippen LogP contribution is -2.23. The fourth-order valence-electron chi connectivity index (χ4n) is 2.52. The van der Waals surface area contributed by atoms with Gasteiger partial charge in [-0.1, -0.05) is 24.3 Å². The third-order valence-electron chi connectivity index (χ3n) is 3.61. The fourth-order valence-corrected chi connectivity index (χ4v) is 2.52. The highest BCUT2D eigenvalue weighted by atomic mass is 19.1. The molecule has 0 aromatic heterocycles. The normalized spacial score (nSPS) is 14.3. The molecule has 0 aliphatic carbocycles. The maximum absolute atomic E-state index is 13.3. The smallest absolute Gasteiger partial charge is 0.274 e. The van der Waals surface area contributed by atoms with Gasteiger partial charge in [0.1, 0.15) is 5.82 Å². The van der Waals surface area contributed by atoms with E-state index in [9.17, 15) is 9.18 Å². The van der Waals surface area contributed by atoms with E-state index in [0.717, 1.165) is 16.8 Å². The minimum absolute atomic E-state index is 0.286. The van der Waals surface area contributed by atoms with E-state index in [4.69, 9.17) is 0 Å². The molecule has 0 fully saturated rings. The summed E-state index contributed by atoms with van der Waals surface area (Å²) in [6.07, 6.45) is 2.45. The Balaban J connectivity index is 1.83. The summed E-state index contributed by atoms with van der Waals surface area (Å²) in [5.74, 6) is -0.712. The van der Waals surface area contributed by atoms with Crippen LogP contribution in [0.4, 0.5) is 4.39 Å². The Bertz CT molecular complexity index is 798. The van der Waals surface area contributed by atoms with E-state index in [1.165, 1.54) is 23.2 Å². The Morgan fingerprint density at radius 1 is 1.26 bits per heavy atom. The van der Waals surface area contributed by atoms with Crippen molar-refractivity contribution in [3.63, 3.8) is 0 Å². The number of carbonyl (C=O) groups is 1. The van der Waals surface area contributed by atoms with Gasteiger partial charge in [-0.05, 0) is 35.4 Å². The van der Waals surface area contributed by atoms with Crippen LogP contribution in [0, 0.1) is 5.82 Å². The van der Waals surface area contributed by atoms with Crippen molar-refractivity contribution >= 4 is 17.8 Å². The van der Waals surface area contributed by atoms with Crippen LogP contribution in [-0.2, 0) is 0 Å². The van der Waals surface area contributed by atoms with E-state index < -0.39 is 5.82 Å². The molecule has 0 atom stereocenters. The summed E-state index contributed by atoms with van der Waals surface area (Å²) in [5, 5.41) is 5.79. The van der Waals surface area contributed by atoms with Crippen LogP contribution in [0.3, 0.4) is 0 Å². The van der Waals surface area contributed by atoms with Crippen molar-refractivity contribution in [2.75, 3.05) is 13.6 Å². The topological polar surface area (TPSA) is 45.0 Å². The van der Waals surface area contributed by atoms with Crippen molar-refractivity contribution in [2.45, 2.75) is 6.42 Å². The minimum Gasteiger partial charge on any atom is -0.296 e. The SMILES string of the molecule is CN=Cc1cccc(C2=NN(C(=O)c3cccc(F)c3)CC2)c1. The van der Waals surface area contributed by atoms with Crippen molar-refractivity contribution in [3.8, 4) is 0 Å². The second-order valence-corrected chi connectivity index (χ2v) is 5.25. The molecule has 1 amide bonds. The molecule has 23 heavy (non-hydrogen) atoms. The number of aliphatic imine (C=N–C) groups is 1. The molecule has 1 aliphatic heterocycles. The van der Waals surface area contributed by atoms with Gasteiger partial charge in [0.05, 0.1) is 12.3 Å². The monoisotopic (exact) mass is 309 g/mol. The van der Waals surface area contributed by atoms with E-state index in [0.29, 0.717) is 18.5 Å². The summed E-state index contributed by atoms with van der Waals surface area (Å²) in [6, 6.07) is 13.5. The Morgan fingerprint density at radius 3 is 2.87 bits per heavy atom. The molecule has 0 spiro atoms. The third kappa shape index (κ3) is 3.34. The number of hydrogen-bond acceptors (Lipinski definition) is 3. The molecule has 3 rings (SSSR count). The van der Waals surface area contributed by atoms with Crippen molar-refractivity contribution in [1.29, 1.82) is 0 Å². The lowest BCUT2D eigenvalue weighted by molar-refractivity contribution is 0.0778. The van der Waals surface area contributed by atoms with Gasteiger partial charge in [0.15, 0.2) is 0 Å². The number of hydrazone groups is 1. The summed E-state index contributed by atoms with van der Waals surface area (Å²) < 4.78 is 13.3. The van der Waals surface area contributed by atoms with Crippen molar-refractivity contribution in [1.82, 2.24) is 5.01 Å². The van der Waals surface area contributed by atoms with Gasteiger partial charge in [-0.2, -0.15) is 5.10 Å². The number of rotatable bonds is 3. The lowest BCUT2D eigenvalue weighted by atomic mass is 10.1. The van der Waals surface area contributed by atoms with Crippen molar-refractivity contribution in [2.24, 2.45) is 10.1 Å². The predicted octanol–water partition coefficient (Wildman–Crippen LogP) is 3.12. The first-order valence-corrected chi connectivity index (χ1v) is 7.35. The number of hydrogen-bond donors (Lipinski definition) is 0. The molecule has 0 bridgehead atoms. The van der Waals surface area contributed by atoms with Gasteiger partial charge in [0.2, 0.25) is 0 Å². The zero-order chi connectivity index (χ0) is 16.2. The van der Waals surface area contributed by atoms with Crippen LogP contribution in [0.5, 0.6) is 0 Å². The van der Waals surface area contributed by atoms with Gasteiger partial charge in [-0.25, -0.2) is 9.40 Å². The molecule has 0 saturated heterocycles. The summed E-state index contributed by atoms with van der Waals surface area (Å²) >= 11 is 0. The molecule has 0 saturated carbocycles. The van der Waals surface area contributed by atoms with E-state index in [1.807, 2.05) is 24.3 Å². The first-order chi connectivity index (χ1) is 11.2. The number of halogens is 1. The van der Waals surface area contributed by atoms with Crippen molar-refractivity contribution < 1.29 is 9.18 Å². The van der Waals surface area contributed by atoms with Gasteiger partial charge >= 0.3 is 0 Å². The number of carbonyl (C=O) groups excluding carboxylic acids is 1. The third-order valence-corrected chi connectivity index (χ3v) is 3.61. The quantitative estimate of drug-likeness (QED) is 0.803. The van der Waals surface area contributed by atoms with Crippen LogP contribution in [-0.4, -0.2) is 36.4 Å². The predicted molar refractivity (Wildman–Crippen MR) is 88.6 cm³/mol. The van der Waals surface area contributed by atoms with Crippen LogP contribution in [0.2, 0.25) is 0 Å². The van der Waals surface area contributed by atoms with Crippen LogP contribution < -0.4 is 0 Å². The maximum Gasteiger partial charge on any atom is 0.274 e. The van der Waals surface area contributed by atoms with Crippen LogP contribution >= 0.6 is 0 Å². The first kappa shape index (κ1) is 15.1. The molecular weight excluding hydrogens is 293 g/mol. The molecule has 2 aromatic carbocycles. The highest BCUT2D eigenvalue weighted by Gasteiger charge is 2.23.